The van der Waals surface area contributed by atoms with Gasteiger partial charge in [-0.25, -0.2) is 0 Å². The van der Waals surface area contributed by atoms with Gasteiger partial charge in [-0.1, -0.05) is 53.0 Å². The second-order valence-corrected chi connectivity index (χ2v) is 7.26. The van der Waals surface area contributed by atoms with Gasteiger partial charge in [0, 0.05) is 10.5 Å². The van der Waals surface area contributed by atoms with E-state index in [0.717, 1.165) is 23.0 Å². The molecule has 3 rings (SSSR count). The SMILES string of the molecule is Cc1cccc(C2CC(Nc3ccc(Br)c(Cl)c3Cl)C2)c1. The highest BCUT2D eigenvalue weighted by Gasteiger charge is 2.30. The number of halogens is 3. The third-order valence-corrected chi connectivity index (χ3v) is 5.82. The minimum Gasteiger partial charge on any atom is -0.381 e. The van der Waals surface area contributed by atoms with Gasteiger partial charge in [0.15, 0.2) is 0 Å². The summed E-state index contributed by atoms with van der Waals surface area (Å²) in [5.41, 5.74) is 3.68. The Balaban J connectivity index is 1.64. The zero-order valence-corrected chi connectivity index (χ0v) is 14.8. The summed E-state index contributed by atoms with van der Waals surface area (Å²) in [6, 6.07) is 13.1. The predicted molar refractivity (Wildman–Crippen MR) is 94.7 cm³/mol. The largest absolute Gasteiger partial charge is 0.381 e. The Hall–Kier alpha value is -0.700. The standard InChI is InChI=1S/C17H16BrCl2N/c1-10-3-2-4-11(7-10)12-8-13(9-12)21-15-6-5-14(18)16(19)17(15)20/h2-7,12-13,21H,8-9H2,1H3. The molecule has 0 bridgehead atoms. The summed E-state index contributed by atoms with van der Waals surface area (Å²) >= 11 is 15.8. The molecular formula is C17H16BrCl2N. The van der Waals surface area contributed by atoms with Crippen LogP contribution in [0.1, 0.15) is 29.9 Å². The number of rotatable bonds is 3. The lowest BCUT2D eigenvalue weighted by atomic mass is 9.75. The average molecular weight is 385 g/mol. The van der Waals surface area contributed by atoms with Gasteiger partial charge in [0.1, 0.15) is 0 Å². The van der Waals surface area contributed by atoms with Crippen molar-refractivity contribution in [2.45, 2.75) is 31.7 Å². The van der Waals surface area contributed by atoms with Gasteiger partial charge in [-0.05, 0) is 59.3 Å². The van der Waals surface area contributed by atoms with Gasteiger partial charge in [0.05, 0.1) is 15.7 Å². The average Bonchev–Trinajstić information content (AvgIpc) is 2.42. The van der Waals surface area contributed by atoms with Gasteiger partial charge in [-0.3, -0.25) is 0 Å². The number of hydrogen-bond acceptors (Lipinski definition) is 1. The molecule has 2 aromatic carbocycles. The van der Waals surface area contributed by atoms with E-state index in [9.17, 15) is 0 Å². The molecule has 0 spiro atoms. The van der Waals surface area contributed by atoms with Gasteiger partial charge in [0.25, 0.3) is 0 Å². The van der Waals surface area contributed by atoms with Crippen molar-refractivity contribution in [1.82, 2.24) is 0 Å². The van der Waals surface area contributed by atoms with Crippen LogP contribution in [0.25, 0.3) is 0 Å². The summed E-state index contributed by atoms with van der Waals surface area (Å²) in [4.78, 5) is 0. The minimum atomic E-state index is 0.463. The predicted octanol–water partition coefficient (Wildman–Crippen LogP) is 6.42. The fraction of sp³-hybridized carbons (Fsp3) is 0.294. The molecule has 0 heterocycles. The fourth-order valence-corrected chi connectivity index (χ4v) is 3.62. The second-order valence-electron chi connectivity index (χ2n) is 5.65. The Labute approximate surface area is 143 Å². The second kappa shape index (κ2) is 6.20. The van der Waals surface area contributed by atoms with Gasteiger partial charge in [-0.15, -0.1) is 0 Å². The summed E-state index contributed by atoms with van der Waals surface area (Å²) in [6.07, 6.45) is 2.26. The van der Waals surface area contributed by atoms with Crippen molar-refractivity contribution < 1.29 is 0 Å². The Kier molecular flexibility index (Phi) is 4.49. The quantitative estimate of drug-likeness (QED) is 0.601. The van der Waals surface area contributed by atoms with Crippen molar-refractivity contribution >= 4 is 44.8 Å². The maximum absolute atomic E-state index is 6.27. The van der Waals surface area contributed by atoms with E-state index in [1.165, 1.54) is 11.1 Å². The Morgan fingerprint density at radius 2 is 1.86 bits per heavy atom. The third kappa shape index (κ3) is 3.23. The number of anilines is 1. The molecule has 0 aromatic heterocycles. The first-order valence-corrected chi connectivity index (χ1v) is 8.56. The van der Waals surface area contributed by atoms with Crippen LogP contribution < -0.4 is 5.32 Å². The van der Waals surface area contributed by atoms with E-state index in [4.69, 9.17) is 23.2 Å². The zero-order chi connectivity index (χ0) is 15.0. The fourth-order valence-electron chi connectivity index (χ4n) is 2.79. The van der Waals surface area contributed by atoms with Crippen LogP contribution >= 0.6 is 39.1 Å². The maximum Gasteiger partial charge on any atom is 0.0835 e. The molecule has 1 nitrogen and oxygen atoms in total. The van der Waals surface area contributed by atoms with Crippen LogP contribution in [0, 0.1) is 6.92 Å². The highest BCUT2D eigenvalue weighted by molar-refractivity contribution is 9.10. The van der Waals surface area contributed by atoms with Crippen molar-refractivity contribution in [3.8, 4) is 0 Å². The van der Waals surface area contributed by atoms with Crippen LogP contribution in [0.15, 0.2) is 40.9 Å². The summed E-state index contributed by atoms with van der Waals surface area (Å²) in [5.74, 6) is 0.645. The van der Waals surface area contributed by atoms with Crippen molar-refractivity contribution in [3.63, 3.8) is 0 Å². The van der Waals surface area contributed by atoms with Crippen molar-refractivity contribution in [3.05, 3.63) is 62.0 Å². The normalized spacial score (nSPS) is 21.0. The molecule has 1 aliphatic carbocycles. The third-order valence-electron chi connectivity index (χ3n) is 4.05. The van der Waals surface area contributed by atoms with Crippen molar-refractivity contribution in [2.24, 2.45) is 0 Å². The van der Waals surface area contributed by atoms with Crippen molar-refractivity contribution in [2.75, 3.05) is 5.32 Å². The number of hydrogen-bond donors (Lipinski definition) is 1. The lowest BCUT2D eigenvalue weighted by molar-refractivity contribution is 0.374. The topological polar surface area (TPSA) is 12.0 Å². The van der Waals surface area contributed by atoms with E-state index < -0.39 is 0 Å². The highest BCUT2D eigenvalue weighted by atomic mass is 79.9. The van der Waals surface area contributed by atoms with E-state index in [1.54, 1.807) is 0 Å². The van der Waals surface area contributed by atoms with Crippen molar-refractivity contribution in [1.29, 1.82) is 0 Å². The number of aryl methyl sites for hydroxylation is 1. The molecule has 110 valence electrons. The van der Waals surface area contributed by atoms with E-state index in [0.29, 0.717) is 22.0 Å². The van der Waals surface area contributed by atoms with E-state index in [1.807, 2.05) is 12.1 Å². The lowest BCUT2D eigenvalue weighted by Gasteiger charge is -2.37. The Morgan fingerprint density at radius 1 is 1.10 bits per heavy atom. The molecule has 0 radical (unpaired) electrons. The first-order chi connectivity index (χ1) is 10.0. The minimum absolute atomic E-state index is 0.463. The lowest BCUT2D eigenvalue weighted by Crippen LogP contribution is -2.34. The van der Waals surface area contributed by atoms with Gasteiger partial charge in [0.2, 0.25) is 0 Å². The molecule has 21 heavy (non-hydrogen) atoms. The van der Waals surface area contributed by atoms with E-state index in [2.05, 4.69) is 52.4 Å². The molecule has 0 saturated heterocycles. The molecule has 0 unspecified atom stereocenters. The van der Waals surface area contributed by atoms with Gasteiger partial charge in [-0.2, -0.15) is 0 Å². The monoisotopic (exact) mass is 383 g/mol. The number of benzene rings is 2. The molecule has 1 aliphatic rings. The maximum atomic E-state index is 6.27. The molecule has 1 fully saturated rings. The Morgan fingerprint density at radius 3 is 2.57 bits per heavy atom. The molecule has 0 amide bonds. The first-order valence-electron chi connectivity index (χ1n) is 7.01. The first kappa shape index (κ1) is 15.2. The summed E-state index contributed by atoms with van der Waals surface area (Å²) < 4.78 is 0.825. The molecule has 1 saturated carbocycles. The zero-order valence-electron chi connectivity index (χ0n) is 11.7. The molecule has 1 N–H and O–H groups in total. The molecule has 4 heteroatoms. The van der Waals surface area contributed by atoms with Crippen LogP contribution in [0.3, 0.4) is 0 Å². The van der Waals surface area contributed by atoms with Crippen LogP contribution in [0.4, 0.5) is 5.69 Å². The molecular weight excluding hydrogens is 369 g/mol. The summed E-state index contributed by atoms with van der Waals surface area (Å²) in [7, 11) is 0. The van der Waals surface area contributed by atoms with Crippen LogP contribution in [-0.2, 0) is 0 Å². The highest BCUT2D eigenvalue weighted by Crippen LogP contribution is 2.41. The van der Waals surface area contributed by atoms with Gasteiger partial charge >= 0.3 is 0 Å². The molecule has 2 aromatic rings. The molecule has 0 aliphatic heterocycles. The summed E-state index contributed by atoms with van der Waals surface area (Å²) in [5, 5.41) is 4.65. The number of nitrogens with one attached hydrogen (secondary N) is 1. The van der Waals surface area contributed by atoms with E-state index in [-0.39, 0.29) is 0 Å². The van der Waals surface area contributed by atoms with Crippen LogP contribution in [0.2, 0.25) is 10.0 Å². The molecule has 0 atom stereocenters. The summed E-state index contributed by atoms with van der Waals surface area (Å²) in [6.45, 7) is 2.14. The van der Waals surface area contributed by atoms with Gasteiger partial charge < -0.3 is 5.32 Å². The van der Waals surface area contributed by atoms with E-state index >= 15 is 0 Å². The Bertz CT molecular complexity index is 666. The van der Waals surface area contributed by atoms with Crippen LogP contribution in [0.5, 0.6) is 0 Å². The smallest absolute Gasteiger partial charge is 0.0835 e. The van der Waals surface area contributed by atoms with Crippen LogP contribution in [-0.4, -0.2) is 6.04 Å².